The first-order chi connectivity index (χ1) is 39.5. The minimum Gasteiger partial charge on any atom is -0.462 e. The minimum atomic E-state index is -0.800. The first-order valence-corrected chi connectivity index (χ1v) is 33.2. The number of allylic oxidation sites excluding steroid dienone is 22. The number of esters is 3. The Morgan fingerprint density at radius 1 is 0.263 bits per heavy atom. The standard InChI is InChI=1S/C74H122O6/c1-4-7-10-13-16-19-22-25-28-30-32-34-35-36-37-38-39-41-42-44-46-49-52-55-58-61-64-67-73(76)79-70-71(69-78-72(75)66-63-60-57-54-51-48-27-24-21-18-15-12-9-6-3)80-74(77)68-65-62-59-56-53-50-47-45-43-40-33-31-29-26-23-20-17-14-11-8-5-2/h7-8,10-11,15-20,24-29,32-34,40,45,47,71H,4-6,9,12-14,21-23,30-31,35-39,41-44,46,48-70H2,1-3H3/b10-7-,11-8-,18-15-,19-16-,20-17-,27-24-,28-25-,29-26-,34-32-,40-33-,47-45-. The maximum Gasteiger partial charge on any atom is 0.306 e. The summed E-state index contributed by atoms with van der Waals surface area (Å²) in [6.07, 6.45) is 94.6. The topological polar surface area (TPSA) is 78.9 Å². The second-order valence-corrected chi connectivity index (χ2v) is 21.6. The van der Waals surface area contributed by atoms with E-state index in [9.17, 15) is 14.4 Å². The summed E-state index contributed by atoms with van der Waals surface area (Å²) in [6.45, 7) is 6.36. The van der Waals surface area contributed by atoms with Crippen LogP contribution in [-0.2, 0) is 28.6 Å². The van der Waals surface area contributed by atoms with Gasteiger partial charge in [0.05, 0.1) is 0 Å². The van der Waals surface area contributed by atoms with Gasteiger partial charge in [-0.1, -0.05) is 283 Å². The van der Waals surface area contributed by atoms with Crippen LogP contribution in [0.4, 0.5) is 0 Å². The third-order valence-electron chi connectivity index (χ3n) is 13.9. The number of hydrogen-bond donors (Lipinski definition) is 0. The molecule has 0 saturated carbocycles. The van der Waals surface area contributed by atoms with Gasteiger partial charge in [0.25, 0.3) is 0 Å². The van der Waals surface area contributed by atoms with Gasteiger partial charge in [-0.15, -0.1) is 0 Å². The Balaban J connectivity index is 4.36. The van der Waals surface area contributed by atoms with Crippen LogP contribution in [-0.4, -0.2) is 37.2 Å². The molecule has 0 aromatic carbocycles. The SMILES string of the molecule is CC/C=C\C/C=C\C/C=C\C/C=C\C/C=C\CCCCCCCC(=O)OC(COC(=O)CCCCCCC/C=C\C/C=C\CCCC)COC(=O)CCCCCCCCCCCCCCCC/C=C\C/C=C\C/C=C\C/C=C\CC. The van der Waals surface area contributed by atoms with Crippen molar-refractivity contribution in [2.24, 2.45) is 0 Å². The molecule has 0 N–H and O–H groups in total. The second kappa shape index (κ2) is 67.1. The highest BCUT2D eigenvalue weighted by atomic mass is 16.6. The van der Waals surface area contributed by atoms with Crippen molar-refractivity contribution in [3.8, 4) is 0 Å². The first kappa shape index (κ1) is 75.5. The summed E-state index contributed by atoms with van der Waals surface area (Å²) >= 11 is 0. The molecular weight excluding hydrogens is 985 g/mol. The van der Waals surface area contributed by atoms with E-state index in [1.807, 2.05) is 0 Å². The zero-order valence-corrected chi connectivity index (χ0v) is 52.0. The first-order valence-electron chi connectivity index (χ1n) is 33.2. The maximum absolute atomic E-state index is 12.9. The molecule has 0 saturated heterocycles. The average Bonchev–Trinajstić information content (AvgIpc) is 3.46. The molecule has 1 atom stereocenters. The number of hydrogen-bond acceptors (Lipinski definition) is 6. The van der Waals surface area contributed by atoms with Gasteiger partial charge in [0.2, 0.25) is 0 Å². The molecular formula is C74H122O6. The number of unbranched alkanes of at least 4 members (excludes halogenated alkanes) is 26. The van der Waals surface area contributed by atoms with Gasteiger partial charge in [0, 0.05) is 19.3 Å². The van der Waals surface area contributed by atoms with Crippen LogP contribution in [0.25, 0.3) is 0 Å². The van der Waals surface area contributed by atoms with Gasteiger partial charge in [-0.3, -0.25) is 14.4 Å². The Kier molecular flexibility index (Phi) is 63.3. The Morgan fingerprint density at radius 2 is 0.487 bits per heavy atom. The van der Waals surface area contributed by atoms with Crippen LogP contribution < -0.4 is 0 Å². The Labute approximate surface area is 494 Å². The molecule has 0 aromatic heterocycles. The van der Waals surface area contributed by atoms with Gasteiger partial charge in [0.15, 0.2) is 6.10 Å². The number of carbonyl (C=O) groups is 3. The van der Waals surface area contributed by atoms with Gasteiger partial charge in [0.1, 0.15) is 13.2 Å². The molecule has 0 spiro atoms. The fourth-order valence-electron chi connectivity index (χ4n) is 8.95. The monoisotopic (exact) mass is 1110 g/mol. The van der Waals surface area contributed by atoms with E-state index in [4.69, 9.17) is 14.2 Å². The van der Waals surface area contributed by atoms with E-state index < -0.39 is 6.10 Å². The van der Waals surface area contributed by atoms with E-state index >= 15 is 0 Å². The zero-order chi connectivity index (χ0) is 57.8. The second-order valence-electron chi connectivity index (χ2n) is 21.6. The van der Waals surface area contributed by atoms with Crippen LogP contribution in [0.5, 0.6) is 0 Å². The van der Waals surface area contributed by atoms with Gasteiger partial charge in [-0.2, -0.15) is 0 Å². The molecule has 80 heavy (non-hydrogen) atoms. The van der Waals surface area contributed by atoms with Gasteiger partial charge >= 0.3 is 17.9 Å². The smallest absolute Gasteiger partial charge is 0.306 e. The molecule has 0 aliphatic carbocycles. The molecule has 6 heteroatoms. The van der Waals surface area contributed by atoms with E-state index in [1.165, 1.54) is 96.3 Å². The summed E-state index contributed by atoms with van der Waals surface area (Å²) in [7, 11) is 0. The number of carbonyl (C=O) groups excluding carboxylic acids is 3. The molecule has 454 valence electrons. The predicted molar refractivity (Wildman–Crippen MR) is 348 cm³/mol. The molecule has 0 aliphatic rings. The summed E-state index contributed by atoms with van der Waals surface area (Å²) in [5, 5.41) is 0. The molecule has 0 aromatic rings. The lowest BCUT2D eigenvalue weighted by Gasteiger charge is -2.18. The minimum absolute atomic E-state index is 0.0933. The van der Waals surface area contributed by atoms with Crippen LogP contribution in [0.3, 0.4) is 0 Å². The highest BCUT2D eigenvalue weighted by molar-refractivity contribution is 5.71. The Morgan fingerprint density at radius 3 is 0.762 bits per heavy atom. The van der Waals surface area contributed by atoms with Crippen LogP contribution >= 0.6 is 0 Å². The molecule has 0 heterocycles. The van der Waals surface area contributed by atoms with Crippen molar-refractivity contribution in [1.29, 1.82) is 0 Å². The summed E-state index contributed by atoms with van der Waals surface area (Å²) < 4.78 is 16.9. The molecule has 0 rings (SSSR count). The molecule has 0 fully saturated rings. The van der Waals surface area contributed by atoms with E-state index in [2.05, 4.69) is 154 Å². The number of rotatable bonds is 59. The van der Waals surface area contributed by atoms with Crippen molar-refractivity contribution < 1.29 is 28.6 Å². The largest absolute Gasteiger partial charge is 0.462 e. The van der Waals surface area contributed by atoms with Crippen molar-refractivity contribution in [3.05, 3.63) is 134 Å². The Hall–Kier alpha value is -4.45. The zero-order valence-electron chi connectivity index (χ0n) is 52.0. The van der Waals surface area contributed by atoms with Crippen molar-refractivity contribution in [2.75, 3.05) is 13.2 Å². The van der Waals surface area contributed by atoms with E-state index in [1.54, 1.807) is 0 Å². The van der Waals surface area contributed by atoms with Crippen molar-refractivity contribution >= 4 is 17.9 Å². The van der Waals surface area contributed by atoms with E-state index in [0.29, 0.717) is 19.3 Å². The molecule has 1 unspecified atom stereocenters. The van der Waals surface area contributed by atoms with Crippen molar-refractivity contribution in [1.82, 2.24) is 0 Å². The van der Waals surface area contributed by atoms with Crippen LogP contribution in [0.2, 0.25) is 0 Å². The van der Waals surface area contributed by atoms with E-state index in [0.717, 1.165) is 161 Å². The fraction of sp³-hybridized carbons (Fsp3) is 0.662. The van der Waals surface area contributed by atoms with Gasteiger partial charge in [-0.05, 0) is 128 Å². The lowest BCUT2D eigenvalue weighted by atomic mass is 10.0. The highest BCUT2D eigenvalue weighted by Crippen LogP contribution is 2.16. The van der Waals surface area contributed by atoms with Crippen LogP contribution in [0, 0.1) is 0 Å². The quantitative estimate of drug-likeness (QED) is 0.0261. The van der Waals surface area contributed by atoms with Crippen molar-refractivity contribution in [3.63, 3.8) is 0 Å². The highest BCUT2D eigenvalue weighted by Gasteiger charge is 2.19. The summed E-state index contributed by atoms with van der Waals surface area (Å²) in [6, 6.07) is 0. The maximum atomic E-state index is 12.9. The van der Waals surface area contributed by atoms with E-state index in [-0.39, 0.29) is 31.1 Å². The molecule has 6 nitrogen and oxygen atoms in total. The summed E-state index contributed by atoms with van der Waals surface area (Å²) in [4.78, 5) is 38.4. The van der Waals surface area contributed by atoms with Crippen molar-refractivity contribution in [2.45, 2.75) is 303 Å². The lowest BCUT2D eigenvalue weighted by molar-refractivity contribution is -0.167. The lowest BCUT2D eigenvalue weighted by Crippen LogP contribution is -2.30. The Bertz CT molecular complexity index is 1700. The molecule has 0 bridgehead atoms. The third-order valence-corrected chi connectivity index (χ3v) is 13.9. The summed E-state index contributed by atoms with van der Waals surface area (Å²) in [5.74, 6) is -0.922. The van der Waals surface area contributed by atoms with Gasteiger partial charge < -0.3 is 14.2 Å². The average molecular weight is 1110 g/mol. The predicted octanol–water partition coefficient (Wildman–Crippen LogP) is 22.9. The number of ether oxygens (including phenoxy) is 3. The molecule has 0 amide bonds. The fourth-order valence-corrected chi connectivity index (χ4v) is 8.95. The van der Waals surface area contributed by atoms with Crippen LogP contribution in [0.1, 0.15) is 297 Å². The molecule has 0 aliphatic heterocycles. The molecule has 0 radical (unpaired) electrons. The third kappa shape index (κ3) is 64.4. The normalized spacial score (nSPS) is 13.0. The van der Waals surface area contributed by atoms with Gasteiger partial charge in [-0.25, -0.2) is 0 Å². The van der Waals surface area contributed by atoms with Crippen LogP contribution in [0.15, 0.2) is 134 Å². The summed E-state index contributed by atoms with van der Waals surface area (Å²) in [5.41, 5.74) is 0.